The van der Waals surface area contributed by atoms with Gasteiger partial charge in [-0.1, -0.05) is 6.92 Å². The lowest BCUT2D eigenvalue weighted by Gasteiger charge is -2.28. The second kappa shape index (κ2) is 6.21. The molecule has 1 fully saturated rings. The first-order valence-corrected chi connectivity index (χ1v) is 8.05. The van der Waals surface area contributed by atoms with E-state index in [1.807, 2.05) is 13.0 Å². The second-order valence-electron chi connectivity index (χ2n) is 4.42. The van der Waals surface area contributed by atoms with Gasteiger partial charge in [0.15, 0.2) is 0 Å². The van der Waals surface area contributed by atoms with Crippen LogP contribution >= 0.6 is 0 Å². The van der Waals surface area contributed by atoms with Crippen molar-refractivity contribution in [2.75, 3.05) is 41.7 Å². The van der Waals surface area contributed by atoms with Crippen LogP contribution in [0.4, 0.5) is 11.5 Å². The molecule has 0 amide bonds. The monoisotopic (exact) mass is 285 g/mol. The molecule has 0 bridgehead atoms. The van der Waals surface area contributed by atoms with Crippen molar-refractivity contribution in [1.29, 1.82) is 0 Å². The van der Waals surface area contributed by atoms with Gasteiger partial charge in [0, 0.05) is 13.1 Å². The Balaban J connectivity index is 2.02. The maximum absolute atomic E-state index is 11.6. The highest BCUT2D eigenvalue weighted by molar-refractivity contribution is 7.92. The number of morpholine rings is 1. The molecule has 2 heterocycles. The second-order valence-corrected chi connectivity index (χ2v) is 6.26. The van der Waals surface area contributed by atoms with E-state index in [2.05, 4.69) is 14.6 Å². The first-order valence-electron chi connectivity index (χ1n) is 6.40. The summed E-state index contributed by atoms with van der Waals surface area (Å²) in [6, 6.07) is 3.57. The number of rotatable bonds is 5. The third-order valence-corrected chi connectivity index (χ3v) is 4.32. The Morgan fingerprint density at radius 1 is 1.37 bits per heavy atom. The molecule has 0 spiro atoms. The van der Waals surface area contributed by atoms with Gasteiger partial charge in [-0.25, -0.2) is 13.4 Å². The summed E-state index contributed by atoms with van der Waals surface area (Å²) in [5.41, 5.74) is 0.988. The molecule has 6 nitrogen and oxygen atoms in total. The Labute approximate surface area is 113 Å². The zero-order valence-electron chi connectivity index (χ0n) is 11.0. The number of hydrogen-bond acceptors (Lipinski definition) is 5. The van der Waals surface area contributed by atoms with Gasteiger partial charge in [0.1, 0.15) is 5.82 Å². The van der Waals surface area contributed by atoms with Gasteiger partial charge in [-0.2, -0.15) is 0 Å². The SMILES string of the molecule is CCCS(=O)(=O)Nc1ccc(N2CCOCC2)cn1. The Hall–Kier alpha value is -1.34. The Bertz CT molecular complexity index is 495. The molecule has 1 N–H and O–H groups in total. The summed E-state index contributed by atoms with van der Waals surface area (Å²) in [6.45, 7) is 4.93. The molecule has 0 aromatic carbocycles. The van der Waals surface area contributed by atoms with Crippen molar-refractivity contribution >= 4 is 21.5 Å². The van der Waals surface area contributed by atoms with E-state index in [9.17, 15) is 8.42 Å². The highest BCUT2D eigenvalue weighted by Gasteiger charge is 2.13. The number of ether oxygens (including phenoxy) is 1. The van der Waals surface area contributed by atoms with Crippen LogP contribution in [0.15, 0.2) is 18.3 Å². The van der Waals surface area contributed by atoms with Gasteiger partial charge < -0.3 is 9.64 Å². The van der Waals surface area contributed by atoms with Crippen LogP contribution in [-0.2, 0) is 14.8 Å². The molecule has 1 aromatic rings. The lowest BCUT2D eigenvalue weighted by atomic mass is 10.3. The third-order valence-electron chi connectivity index (χ3n) is 2.86. The van der Waals surface area contributed by atoms with Crippen LogP contribution in [0.1, 0.15) is 13.3 Å². The third kappa shape index (κ3) is 4.07. The number of anilines is 2. The zero-order valence-corrected chi connectivity index (χ0v) is 11.8. The molecule has 0 saturated carbocycles. The van der Waals surface area contributed by atoms with Crippen LogP contribution in [0.5, 0.6) is 0 Å². The molecule has 0 radical (unpaired) electrons. The highest BCUT2D eigenvalue weighted by atomic mass is 32.2. The van der Waals surface area contributed by atoms with Crippen molar-refractivity contribution in [3.63, 3.8) is 0 Å². The fourth-order valence-electron chi connectivity index (χ4n) is 1.93. The van der Waals surface area contributed by atoms with Crippen molar-refractivity contribution in [3.8, 4) is 0 Å². The smallest absolute Gasteiger partial charge is 0.233 e. The summed E-state index contributed by atoms with van der Waals surface area (Å²) >= 11 is 0. The van der Waals surface area contributed by atoms with E-state index in [-0.39, 0.29) is 5.75 Å². The van der Waals surface area contributed by atoms with Crippen LogP contribution in [0.25, 0.3) is 0 Å². The summed E-state index contributed by atoms with van der Waals surface area (Å²) in [5.74, 6) is 0.477. The number of nitrogens with zero attached hydrogens (tertiary/aromatic N) is 2. The molecular formula is C12H19N3O3S. The number of pyridine rings is 1. The van der Waals surface area contributed by atoms with E-state index in [1.165, 1.54) is 0 Å². The molecule has 0 unspecified atom stereocenters. The van der Waals surface area contributed by atoms with E-state index >= 15 is 0 Å². The minimum atomic E-state index is -3.27. The van der Waals surface area contributed by atoms with Crippen LogP contribution in [0.3, 0.4) is 0 Å². The zero-order chi connectivity index (χ0) is 13.7. The van der Waals surface area contributed by atoms with E-state index in [0.29, 0.717) is 25.5 Å². The Kier molecular flexibility index (Phi) is 4.60. The minimum absolute atomic E-state index is 0.111. The first-order chi connectivity index (χ1) is 9.11. The molecule has 7 heteroatoms. The van der Waals surface area contributed by atoms with Crippen molar-refractivity contribution in [1.82, 2.24) is 4.98 Å². The molecular weight excluding hydrogens is 266 g/mol. The lowest BCUT2D eigenvalue weighted by Crippen LogP contribution is -2.36. The quantitative estimate of drug-likeness (QED) is 0.876. The first kappa shape index (κ1) is 14.1. The minimum Gasteiger partial charge on any atom is -0.378 e. The van der Waals surface area contributed by atoms with Crippen LogP contribution < -0.4 is 9.62 Å². The molecule has 1 aliphatic heterocycles. The molecule has 19 heavy (non-hydrogen) atoms. The fourth-order valence-corrected chi connectivity index (χ4v) is 3.01. The van der Waals surface area contributed by atoms with Gasteiger partial charge in [0.25, 0.3) is 0 Å². The summed E-state index contributed by atoms with van der Waals surface area (Å²) < 4.78 is 31.0. The average Bonchev–Trinajstić information content (AvgIpc) is 2.40. The van der Waals surface area contributed by atoms with E-state index in [1.54, 1.807) is 12.3 Å². The van der Waals surface area contributed by atoms with Gasteiger partial charge in [-0.05, 0) is 18.6 Å². The molecule has 106 valence electrons. The Morgan fingerprint density at radius 2 is 2.11 bits per heavy atom. The van der Waals surface area contributed by atoms with Crippen molar-refractivity contribution in [2.24, 2.45) is 0 Å². The molecule has 0 atom stereocenters. The van der Waals surface area contributed by atoms with Gasteiger partial charge in [0.05, 0.1) is 30.9 Å². The van der Waals surface area contributed by atoms with Crippen LogP contribution in [0.2, 0.25) is 0 Å². The number of nitrogens with one attached hydrogen (secondary N) is 1. The molecule has 1 aromatic heterocycles. The number of aromatic nitrogens is 1. The van der Waals surface area contributed by atoms with Crippen LogP contribution in [0, 0.1) is 0 Å². The Morgan fingerprint density at radius 3 is 2.68 bits per heavy atom. The summed E-state index contributed by atoms with van der Waals surface area (Å²) in [5, 5.41) is 0. The maximum atomic E-state index is 11.6. The summed E-state index contributed by atoms with van der Waals surface area (Å²) in [4.78, 5) is 6.32. The van der Waals surface area contributed by atoms with E-state index in [4.69, 9.17) is 4.74 Å². The lowest BCUT2D eigenvalue weighted by molar-refractivity contribution is 0.122. The topological polar surface area (TPSA) is 71.5 Å². The molecule has 2 rings (SSSR count). The van der Waals surface area contributed by atoms with Crippen LogP contribution in [-0.4, -0.2) is 45.5 Å². The normalized spacial score (nSPS) is 16.4. The fraction of sp³-hybridized carbons (Fsp3) is 0.583. The van der Waals surface area contributed by atoms with Gasteiger partial charge in [0.2, 0.25) is 10.0 Å². The van der Waals surface area contributed by atoms with E-state index in [0.717, 1.165) is 18.8 Å². The molecule has 1 saturated heterocycles. The predicted octanol–water partition coefficient (Wildman–Crippen LogP) is 1.07. The van der Waals surface area contributed by atoms with Crippen molar-refractivity contribution in [3.05, 3.63) is 18.3 Å². The molecule has 1 aliphatic rings. The highest BCUT2D eigenvalue weighted by Crippen LogP contribution is 2.17. The molecule has 0 aliphatic carbocycles. The van der Waals surface area contributed by atoms with Gasteiger partial charge in [-0.3, -0.25) is 4.72 Å². The summed E-state index contributed by atoms with van der Waals surface area (Å²) in [6.07, 6.45) is 2.27. The van der Waals surface area contributed by atoms with Gasteiger partial charge >= 0.3 is 0 Å². The van der Waals surface area contributed by atoms with E-state index < -0.39 is 10.0 Å². The number of hydrogen-bond donors (Lipinski definition) is 1. The standard InChI is InChI=1S/C12H19N3O3S/c1-2-9-19(16,17)14-12-4-3-11(10-13-12)15-5-7-18-8-6-15/h3-4,10H,2,5-9H2,1H3,(H,13,14). The van der Waals surface area contributed by atoms with Gasteiger partial charge in [-0.15, -0.1) is 0 Å². The largest absolute Gasteiger partial charge is 0.378 e. The van der Waals surface area contributed by atoms with Crippen molar-refractivity contribution in [2.45, 2.75) is 13.3 Å². The maximum Gasteiger partial charge on any atom is 0.233 e. The summed E-state index contributed by atoms with van der Waals surface area (Å²) in [7, 11) is -3.27. The van der Waals surface area contributed by atoms with Crippen molar-refractivity contribution < 1.29 is 13.2 Å². The average molecular weight is 285 g/mol. The predicted molar refractivity (Wildman–Crippen MR) is 75.0 cm³/mol. The number of sulfonamides is 1.